The maximum absolute atomic E-state index is 5.50. The van der Waals surface area contributed by atoms with Gasteiger partial charge in [-0.25, -0.2) is 4.98 Å². The monoisotopic (exact) mass is 251 g/mol. The largest absolute Gasteiger partial charge is 0.478 e. The quantitative estimate of drug-likeness (QED) is 0.872. The van der Waals surface area contributed by atoms with Gasteiger partial charge in [0.05, 0.1) is 6.61 Å². The molecule has 0 bridgehead atoms. The maximum Gasteiger partial charge on any atom is 0.218 e. The fraction of sp³-hybridized carbons (Fsp3) is 0.714. The normalized spacial score (nSPS) is 11.7. The second-order valence-corrected chi connectivity index (χ2v) is 5.87. The van der Waals surface area contributed by atoms with E-state index in [1.54, 1.807) is 0 Å². The van der Waals surface area contributed by atoms with Gasteiger partial charge in [0.1, 0.15) is 11.6 Å². The fourth-order valence-electron chi connectivity index (χ4n) is 1.38. The Morgan fingerprint density at radius 2 is 1.94 bits per heavy atom. The molecule has 0 spiro atoms. The van der Waals surface area contributed by atoms with Crippen LogP contribution in [0.4, 0.5) is 5.82 Å². The Morgan fingerprint density at radius 1 is 1.28 bits per heavy atom. The fourth-order valence-corrected chi connectivity index (χ4v) is 1.38. The molecule has 102 valence electrons. The predicted molar refractivity (Wildman–Crippen MR) is 75.2 cm³/mol. The minimum Gasteiger partial charge on any atom is -0.478 e. The molecule has 1 N–H and O–H groups in total. The lowest BCUT2D eigenvalue weighted by Crippen LogP contribution is -2.19. The minimum atomic E-state index is -0.0820. The van der Waals surface area contributed by atoms with Crippen LogP contribution in [0.1, 0.15) is 47.4 Å². The van der Waals surface area contributed by atoms with Gasteiger partial charge in [0, 0.05) is 18.0 Å². The SMILES string of the molecule is CCOc1cc(NCC(C)C)nc(C(C)(C)C)n1. The second-order valence-electron chi connectivity index (χ2n) is 5.87. The number of nitrogens with one attached hydrogen (secondary N) is 1. The molecule has 18 heavy (non-hydrogen) atoms. The summed E-state index contributed by atoms with van der Waals surface area (Å²) in [7, 11) is 0. The first-order valence-corrected chi connectivity index (χ1v) is 6.59. The van der Waals surface area contributed by atoms with Crippen LogP contribution in [0.5, 0.6) is 5.88 Å². The Kier molecular flexibility index (Phi) is 4.93. The van der Waals surface area contributed by atoms with Gasteiger partial charge in [-0.2, -0.15) is 4.98 Å². The Morgan fingerprint density at radius 3 is 2.44 bits per heavy atom. The van der Waals surface area contributed by atoms with Gasteiger partial charge >= 0.3 is 0 Å². The van der Waals surface area contributed by atoms with Gasteiger partial charge in [0.15, 0.2) is 0 Å². The van der Waals surface area contributed by atoms with Gasteiger partial charge in [-0.15, -0.1) is 0 Å². The highest BCUT2D eigenvalue weighted by Gasteiger charge is 2.19. The zero-order valence-corrected chi connectivity index (χ0v) is 12.4. The minimum absolute atomic E-state index is 0.0820. The van der Waals surface area contributed by atoms with Crippen LogP contribution < -0.4 is 10.1 Å². The lowest BCUT2D eigenvalue weighted by molar-refractivity contribution is 0.322. The summed E-state index contributed by atoms with van der Waals surface area (Å²) in [6.07, 6.45) is 0. The third-order valence-corrected chi connectivity index (χ3v) is 2.36. The third kappa shape index (κ3) is 4.51. The molecule has 1 aromatic rings. The Balaban J connectivity index is 2.98. The second kappa shape index (κ2) is 6.03. The Labute approximate surface area is 110 Å². The summed E-state index contributed by atoms with van der Waals surface area (Å²) < 4.78 is 5.50. The van der Waals surface area contributed by atoms with Crippen molar-refractivity contribution in [1.29, 1.82) is 0 Å². The number of nitrogens with zero attached hydrogens (tertiary/aromatic N) is 2. The topological polar surface area (TPSA) is 47.0 Å². The molecule has 0 aliphatic rings. The van der Waals surface area contributed by atoms with Crippen LogP contribution in [0.3, 0.4) is 0 Å². The molecule has 0 fully saturated rings. The molecule has 1 rings (SSSR count). The highest BCUT2D eigenvalue weighted by molar-refractivity contribution is 5.39. The molecule has 0 aliphatic carbocycles. The van der Waals surface area contributed by atoms with Gasteiger partial charge in [-0.3, -0.25) is 0 Å². The summed E-state index contributed by atoms with van der Waals surface area (Å²) in [6.45, 7) is 14.1. The van der Waals surface area contributed by atoms with Gasteiger partial charge in [0.2, 0.25) is 5.88 Å². The van der Waals surface area contributed by atoms with E-state index in [4.69, 9.17) is 4.74 Å². The van der Waals surface area contributed by atoms with Crippen LogP contribution in [0.25, 0.3) is 0 Å². The molecule has 4 nitrogen and oxygen atoms in total. The van der Waals surface area contributed by atoms with E-state index in [9.17, 15) is 0 Å². The first-order valence-electron chi connectivity index (χ1n) is 6.59. The third-order valence-electron chi connectivity index (χ3n) is 2.36. The Hall–Kier alpha value is -1.32. The van der Waals surface area contributed by atoms with Crippen LogP contribution in [-0.4, -0.2) is 23.1 Å². The molecule has 0 saturated heterocycles. The standard InChI is InChI=1S/C14H25N3O/c1-7-18-12-8-11(15-9-10(2)3)16-13(17-12)14(4,5)6/h8,10H,7,9H2,1-6H3,(H,15,16,17). The van der Waals surface area contributed by atoms with Crippen LogP contribution in [-0.2, 0) is 5.41 Å². The summed E-state index contributed by atoms with van der Waals surface area (Å²) >= 11 is 0. The lowest BCUT2D eigenvalue weighted by atomic mass is 9.96. The van der Waals surface area contributed by atoms with E-state index < -0.39 is 0 Å². The molecule has 1 heterocycles. The van der Waals surface area contributed by atoms with E-state index in [0.29, 0.717) is 18.4 Å². The number of hydrogen-bond acceptors (Lipinski definition) is 4. The van der Waals surface area contributed by atoms with E-state index in [0.717, 1.165) is 18.2 Å². The van der Waals surface area contributed by atoms with Crippen molar-refractivity contribution < 1.29 is 4.74 Å². The van der Waals surface area contributed by atoms with Crippen molar-refractivity contribution >= 4 is 5.82 Å². The van der Waals surface area contributed by atoms with E-state index in [1.165, 1.54) is 0 Å². The number of anilines is 1. The first-order chi connectivity index (χ1) is 8.32. The number of aromatic nitrogens is 2. The highest BCUT2D eigenvalue weighted by atomic mass is 16.5. The number of ether oxygens (including phenoxy) is 1. The number of hydrogen-bond donors (Lipinski definition) is 1. The Bertz CT molecular complexity index is 383. The molecule has 0 aliphatic heterocycles. The van der Waals surface area contributed by atoms with Crippen LogP contribution in [0, 0.1) is 5.92 Å². The van der Waals surface area contributed by atoms with E-state index >= 15 is 0 Å². The summed E-state index contributed by atoms with van der Waals surface area (Å²) in [5, 5.41) is 3.32. The molecule has 0 amide bonds. The zero-order chi connectivity index (χ0) is 13.8. The smallest absolute Gasteiger partial charge is 0.218 e. The molecule has 0 atom stereocenters. The van der Waals surface area contributed by atoms with Crippen LogP contribution >= 0.6 is 0 Å². The van der Waals surface area contributed by atoms with Gasteiger partial charge in [-0.05, 0) is 12.8 Å². The summed E-state index contributed by atoms with van der Waals surface area (Å²) in [6, 6.07) is 1.86. The van der Waals surface area contributed by atoms with Crippen molar-refractivity contribution in [1.82, 2.24) is 9.97 Å². The predicted octanol–water partition coefficient (Wildman–Crippen LogP) is 3.24. The van der Waals surface area contributed by atoms with Crippen molar-refractivity contribution in [2.75, 3.05) is 18.5 Å². The van der Waals surface area contributed by atoms with E-state index in [1.807, 2.05) is 13.0 Å². The van der Waals surface area contributed by atoms with Crippen LogP contribution in [0.2, 0.25) is 0 Å². The van der Waals surface area contributed by atoms with Crippen LogP contribution in [0.15, 0.2) is 6.07 Å². The molecule has 0 aromatic carbocycles. The van der Waals surface area contributed by atoms with Crippen molar-refractivity contribution in [3.05, 3.63) is 11.9 Å². The lowest BCUT2D eigenvalue weighted by Gasteiger charge is -2.19. The van der Waals surface area contributed by atoms with Gasteiger partial charge in [0.25, 0.3) is 0 Å². The molecule has 4 heteroatoms. The van der Waals surface area contributed by atoms with Crippen molar-refractivity contribution in [3.63, 3.8) is 0 Å². The summed E-state index contributed by atoms with van der Waals surface area (Å²) in [5.41, 5.74) is -0.0820. The summed E-state index contributed by atoms with van der Waals surface area (Å²) in [5.74, 6) is 2.86. The van der Waals surface area contributed by atoms with E-state index in [-0.39, 0.29) is 5.41 Å². The van der Waals surface area contributed by atoms with Gasteiger partial charge < -0.3 is 10.1 Å². The summed E-state index contributed by atoms with van der Waals surface area (Å²) in [4.78, 5) is 9.00. The zero-order valence-electron chi connectivity index (χ0n) is 12.4. The molecule has 0 radical (unpaired) electrons. The van der Waals surface area contributed by atoms with Gasteiger partial charge in [-0.1, -0.05) is 34.6 Å². The average molecular weight is 251 g/mol. The van der Waals surface area contributed by atoms with Crippen molar-refractivity contribution in [2.24, 2.45) is 5.92 Å². The molecular weight excluding hydrogens is 226 g/mol. The molecule has 0 saturated carbocycles. The number of rotatable bonds is 5. The van der Waals surface area contributed by atoms with E-state index in [2.05, 4.69) is 49.9 Å². The average Bonchev–Trinajstić information content (AvgIpc) is 2.25. The van der Waals surface area contributed by atoms with Crippen molar-refractivity contribution in [2.45, 2.75) is 47.0 Å². The molecule has 1 aromatic heterocycles. The molecule has 0 unspecified atom stereocenters. The molecular formula is C14H25N3O. The van der Waals surface area contributed by atoms with Crippen molar-refractivity contribution in [3.8, 4) is 5.88 Å². The maximum atomic E-state index is 5.50. The first kappa shape index (κ1) is 14.7. The highest BCUT2D eigenvalue weighted by Crippen LogP contribution is 2.23.